The van der Waals surface area contributed by atoms with Gasteiger partial charge in [-0.25, -0.2) is 4.98 Å². The molecule has 2 aromatic heterocycles. The molecule has 1 aliphatic rings. The van der Waals surface area contributed by atoms with Gasteiger partial charge in [0.2, 0.25) is 11.8 Å². The van der Waals surface area contributed by atoms with Crippen molar-refractivity contribution in [1.82, 2.24) is 14.5 Å². The third-order valence-electron chi connectivity index (χ3n) is 5.36. The van der Waals surface area contributed by atoms with Crippen LogP contribution in [0, 0.1) is 6.92 Å². The van der Waals surface area contributed by atoms with Gasteiger partial charge in [-0.15, -0.1) is 0 Å². The highest BCUT2D eigenvalue weighted by molar-refractivity contribution is 5.94. The van der Waals surface area contributed by atoms with Crippen LogP contribution in [0.1, 0.15) is 28.7 Å². The van der Waals surface area contributed by atoms with Crippen molar-refractivity contribution in [1.29, 1.82) is 0 Å². The van der Waals surface area contributed by atoms with Gasteiger partial charge in [-0.3, -0.25) is 9.59 Å². The zero-order valence-corrected chi connectivity index (χ0v) is 16.9. The number of aryl methyl sites for hydroxylation is 3. The first-order valence-electron chi connectivity index (χ1n) is 9.68. The SMILES string of the molecule is Cc1cccc2c(CN(C)C(=O)/C=C/c3cnc4c(c3)CCC(=O)N4)cn(C)c12. The van der Waals surface area contributed by atoms with Crippen molar-refractivity contribution in [3.8, 4) is 0 Å². The van der Waals surface area contributed by atoms with Crippen molar-refractivity contribution >= 4 is 34.6 Å². The molecule has 0 saturated carbocycles. The van der Waals surface area contributed by atoms with E-state index in [0.717, 1.165) is 16.7 Å². The third kappa shape index (κ3) is 3.78. The molecule has 0 radical (unpaired) electrons. The number of nitrogens with zero attached hydrogens (tertiary/aromatic N) is 3. The lowest BCUT2D eigenvalue weighted by molar-refractivity contribution is -0.125. The quantitative estimate of drug-likeness (QED) is 0.696. The maximum absolute atomic E-state index is 12.6. The largest absolute Gasteiger partial charge is 0.350 e. The van der Waals surface area contributed by atoms with Crippen molar-refractivity contribution in [3.05, 3.63) is 65.0 Å². The highest BCUT2D eigenvalue weighted by Crippen LogP contribution is 2.25. The Bertz CT molecular complexity index is 1140. The van der Waals surface area contributed by atoms with Crippen LogP contribution in [0.15, 0.2) is 42.7 Å². The van der Waals surface area contributed by atoms with E-state index in [9.17, 15) is 9.59 Å². The number of hydrogen-bond acceptors (Lipinski definition) is 3. The molecule has 0 atom stereocenters. The van der Waals surface area contributed by atoms with E-state index in [-0.39, 0.29) is 11.8 Å². The summed E-state index contributed by atoms with van der Waals surface area (Å²) in [5.41, 5.74) is 5.40. The number of para-hydroxylation sites is 1. The van der Waals surface area contributed by atoms with Crippen LogP contribution < -0.4 is 5.32 Å². The molecule has 3 aromatic rings. The minimum Gasteiger partial charge on any atom is -0.350 e. The van der Waals surface area contributed by atoms with E-state index in [4.69, 9.17) is 0 Å². The summed E-state index contributed by atoms with van der Waals surface area (Å²) in [6.07, 6.45) is 8.24. The average Bonchev–Trinajstić information content (AvgIpc) is 3.02. The second-order valence-electron chi connectivity index (χ2n) is 7.59. The van der Waals surface area contributed by atoms with Crippen LogP contribution in [0.25, 0.3) is 17.0 Å². The standard InChI is InChI=1S/C23H24N4O2/c1-15-5-4-6-19-18(14-27(3)22(15)19)13-26(2)21(29)10-7-16-11-17-8-9-20(28)25-23(17)24-12-16/h4-7,10-12,14H,8-9,13H2,1-3H3,(H,24,25,28)/b10-7+. The summed E-state index contributed by atoms with van der Waals surface area (Å²) in [4.78, 5) is 30.1. The maximum atomic E-state index is 12.6. The van der Waals surface area contributed by atoms with Crippen LogP contribution >= 0.6 is 0 Å². The monoisotopic (exact) mass is 388 g/mol. The van der Waals surface area contributed by atoms with E-state index in [1.807, 2.05) is 20.2 Å². The van der Waals surface area contributed by atoms with Gasteiger partial charge in [-0.1, -0.05) is 18.2 Å². The molecule has 6 nitrogen and oxygen atoms in total. The minimum atomic E-state index is -0.0688. The predicted molar refractivity (Wildman–Crippen MR) is 114 cm³/mol. The Morgan fingerprint density at radius 3 is 3.00 bits per heavy atom. The number of nitrogens with one attached hydrogen (secondary N) is 1. The van der Waals surface area contributed by atoms with Gasteiger partial charge < -0.3 is 14.8 Å². The van der Waals surface area contributed by atoms with Gasteiger partial charge in [0.05, 0.1) is 5.52 Å². The van der Waals surface area contributed by atoms with Crippen LogP contribution in [0.3, 0.4) is 0 Å². The molecule has 0 fully saturated rings. The van der Waals surface area contributed by atoms with Crippen LogP contribution in [0.4, 0.5) is 5.82 Å². The smallest absolute Gasteiger partial charge is 0.246 e. The zero-order valence-electron chi connectivity index (χ0n) is 16.9. The van der Waals surface area contributed by atoms with Crippen molar-refractivity contribution in [2.75, 3.05) is 12.4 Å². The van der Waals surface area contributed by atoms with E-state index < -0.39 is 0 Å². The highest BCUT2D eigenvalue weighted by Gasteiger charge is 2.16. The van der Waals surface area contributed by atoms with E-state index in [2.05, 4.69) is 46.2 Å². The third-order valence-corrected chi connectivity index (χ3v) is 5.36. The number of hydrogen-bond donors (Lipinski definition) is 1. The van der Waals surface area contributed by atoms with Crippen molar-refractivity contribution in [2.45, 2.75) is 26.3 Å². The Hall–Kier alpha value is -3.41. The fourth-order valence-electron chi connectivity index (χ4n) is 3.87. The minimum absolute atomic E-state index is 0.00581. The summed E-state index contributed by atoms with van der Waals surface area (Å²) in [7, 11) is 3.84. The molecule has 0 bridgehead atoms. The summed E-state index contributed by atoms with van der Waals surface area (Å²) in [5.74, 6) is 0.544. The maximum Gasteiger partial charge on any atom is 0.246 e. The summed E-state index contributed by atoms with van der Waals surface area (Å²) in [5, 5.41) is 3.94. The number of carbonyl (C=O) groups is 2. The first-order chi connectivity index (χ1) is 13.9. The van der Waals surface area contributed by atoms with Gasteiger partial charge in [0.15, 0.2) is 0 Å². The molecule has 4 rings (SSSR count). The van der Waals surface area contributed by atoms with E-state index in [1.165, 1.54) is 16.5 Å². The summed E-state index contributed by atoms with van der Waals surface area (Å²) < 4.78 is 2.12. The molecular formula is C23H24N4O2. The lowest BCUT2D eigenvalue weighted by atomic mass is 10.0. The van der Waals surface area contributed by atoms with E-state index >= 15 is 0 Å². The summed E-state index contributed by atoms with van der Waals surface area (Å²) >= 11 is 0. The summed E-state index contributed by atoms with van der Waals surface area (Å²) in [6, 6.07) is 8.22. The molecule has 1 N–H and O–H groups in total. The molecule has 2 amide bonds. The number of aromatic nitrogens is 2. The molecule has 0 aliphatic carbocycles. The first kappa shape index (κ1) is 18.9. The Kier molecular flexibility index (Phi) is 4.92. The second-order valence-corrected chi connectivity index (χ2v) is 7.59. The van der Waals surface area contributed by atoms with Crippen LogP contribution in [0.2, 0.25) is 0 Å². The molecule has 3 heterocycles. The number of likely N-dealkylation sites (N-methyl/N-ethyl adjacent to an activating group) is 1. The molecule has 0 spiro atoms. The Morgan fingerprint density at radius 2 is 2.17 bits per heavy atom. The van der Waals surface area contributed by atoms with Crippen LogP contribution in [-0.2, 0) is 29.6 Å². The number of fused-ring (bicyclic) bond motifs is 2. The van der Waals surface area contributed by atoms with Gasteiger partial charge in [-0.05, 0) is 47.7 Å². The number of amides is 2. The molecule has 6 heteroatoms. The number of benzene rings is 1. The fraction of sp³-hybridized carbons (Fsp3) is 0.261. The van der Waals surface area contributed by atoms with Gasteiger partial charge in [-0.2, -0.15) is 0 Å². The van der Waals surface area contributed by atoms with Crippen molar-refractivity contribution in [2.24, 2.45) is 7.05 Å². The highest BCUT2D eigenvalue weighted by atomic mass is 16.2. The Morgan fingerprint density at radius 1 is 1.34 bits per heavy atom. The number of rotatable bonds is 4. The second kappa shape index (κ2) is 7.54. The lowest BCUT2D eigenvalue weighted by Crippen LogP contribution is -2.24. The average molecular weight is 388 g/mol. The molecule has 1 aromatic carbocycles. The van der Waals surface area contributed by atoms with Crippen LogP contribution in [-0.4, -0.2) is 33.3 Å². The molecule has 148 valence electrons. The number of anilines is 1. The molecule has 29 heavy (non-hydrogen) atoms. The molecule has 0 unspecified atom stereocenters. The number of pyridine rings is 1. The van der Waals surface area contributed by atoms with Gasteiger partial charge in [0, 0.05) is 50.9 Å². The Balaban J connectivity index is 1.48. The predicted octanol–water partition coefficient (Wildman–Crippen LogP) is 3.44. The molecular weight excluding hydrogens is 364 g/mol. The van der Waals surface area contributed by atoms with E-state index in [1.54, 1.807) is 23.2 Å². The fourth-order valence-corrected chi connectivity index (χ4v) is 3.87. The van der Waals surface area contributed by atoms with Gasteiger partial charge >= 0.3 is 0 Å². The van der Waals surface area contributed by atoms with Gasteiger partial charge in [0.1, 0.15) is 5.82 Å². The Labute approximate surface area is 169 Å². The van der Waals surface area contributed by atoms with Crippen molar-refractivity contribution < 1.29 is 9.59 Å². The van der Waals surface area contributed by atoms with Gasteiger partial charge in [0.25, 0.3) is 0 Å². The summed E-state index contributed by atoms with van der Waals surface area (Å²) in [6.45, 7) is 2.64. The van der Waals surface area contributed by atoms with E-state index in [0.29, 0.717) is 25.2 Å². The normalized spacial score (nSPS) is 13.6. The van der Waals surface area contributed by atoms with Crippen LogP contribution in [0.5, 0.6) is 0 Å². The number of carbonyl (C=O) groups excluding carboxylic acids is 2. The molecule has 0 saturated heterocycles. The molecule has 1 aliphatic heterocycles. The first-order valence-corrected chi connectivity index (χ1v) is 9.68. The van der Waals surface area contributed by atoms with Crippen molar-refractivity contribution in [3.63, 3.8) is 0 Å². The zero-order chi connectivity index (χ0) is 20.5. The topological polar surface area (TPSA) is 67.2 Å². The lowest BCUT2D eigenvalue weighted by Gasteiger charge is -2.16.